The van der Waals surface area contributed by atoms with Crippen LogP contribution < -0.4 is 25.4 Å². The molecule has 0 spiro atoms. The van der Waals surface area contributed by atoms with Crippen molar-refractivity contribution < 1.29 is 46.8 Å². The molecular formula is C45H54ClF2N6O8PS. The van der Waals surface area contributed by atoms with E-state index in [1.54, 1.807) is 52.1 Å². The van der Waals surface area contributed by atoms with E-state index in [1.807, 2.05) is 19.2 Å². The van der Waals surface area contributed by atoms with Gasteiger partial charge in [0.05, 0.1) is 31.0 Å². The molecule has 1 saturated heterocycles. The molecule has 64 heavy (non-hydrogen) atoms. The van der Waals surface area contributed by atoms with Crippen LogP contribution in [0.3, 0.4) is 0 Å². The SMILES string of the molecule is C=CC1C[C@]1(NC(=O)[C@@H]1C[C@@H](Oc2cc(-c3csc(NC(C)C)n3)nc3cc(OC)ccc23)CN1C(=O)[C@@H](NC(=O)OC1CCCC1)C(C)(C)C)P(=O)(O)Cc1c(F)cc(Cl)cc1F. The number of carbonyl (C=O) groups excluding carboxylic acids is 3. The molecule has 0 radical (unpaired) electrons. The number of likely N-dealkylation sites (tertiary alicyclic amines) is 1. The molecular weight excluding hydrogens is 889 g/mol. The molecule has 14 nitrogen and oxygen atoms in total. The van der Waals surface area contributed by atoms with Gasteiger partial charge in [0.1, 0.15) is 58.4 Å². The second-order valence-electron chi connectivity index (χ2n) is 18.1. The number of hydrogen-bond acceptors (Lipinski definition) is 11. The fraction of sp³-hybridized carbons (Fsp3) is 0.489. The Kier molecular flexibility index (Phi) is 13.7. The number of anilines is 1. The molecule has 2 aliphatic carbocycles. The molecule has 4 N–H and O–H groups in total. The number of hydrogen-bond donors (Lipinski definition) is 4. The number of nitrogens with one attached hydrogen (secondary N) is 3. The largest absolute Gasteiger partial charge is 0.497 e. The smallest absolute Gasteiger partial charge is 0.408 e. The Labute approximate surface area is 379 Å². The molecule has 2 aromatic heterocycles. The number of aromatic nitrogens is 2. The first-order valence-corrected chi connectivity index (χ1v) is 24.4. The van der Waals surface area contributed by atoms with Gasteiger partial charge in [-0.15, -0.1) is 17.9 Å². The lowest BCUT2D eigenvalue weighted by atomic mass is 9.85. The normalized spacial score (nSPS) is 22.5. The van der Waals surface area contributed by atoms with Crippen molar-refractivity contribution in [1.82, 2.24) is 25.5 Å². The maximum Gasteiger partial charge on any atom is 0.408 e. The second kappa shape index (κ2) is 18.6. The highest BCUT2D eigenvalue weighted by Gasteiger charge is 2.66. The Bertz CT molecular complexity index is 2480. The molecule has 3 heterocycles. The number of alkyl carbamates (subject to hydrolysis) is 1. The van der Waals surface area contributed by atoms with Crippen molar-refractivity contribution >= 4 is 64.2 Å². The first-order chi connectivity index (χ1) is 30.2. The molecule has 19 heteroatoms. The number of carbonyl (C=O) groups is 3. The summed E-state index contributed by atoms with van der Waals surface area (Å²) in [5.41, 5.74) is 0.0941. The molecule has 0 bridgehead atoms. The van der Waals surface area contributed by atoms with Crippen molar-refractivity contribution in [2.24, 2.45) is 11.3 Å². The average Bonchev–Trinajstić information content (AvgIpc) is 3.62. The number of ether oxygens (including phenoxy) is 3. The van der Waals surface area contributed by atoms with Crippen LogP contribution in [0, 0.1) is 23.0 Å². The molecule has 2 unspecified atom stereocenters. The Hall–Kier alpha value is -4.83. The summed E-state index contributed by atoms with van der Waals surface area (Å²) in [5.74, 6) is -3.42. The number of thiazole rings is 1. The summed E-state index contributed by atoms with van der Waals surface area (Å²) in [4.78, 5) is 65.5. The fourth-order valence-electron chi connectivity index (χ4n) is 8.48. The summed E-state index contributed by atoms with van der Waals surface area (Å²) in [6.07, 6.45) is 1.73. The summed E-state index contributed by atoms with van der Waals surface area (Å²) in [6.45, 7) is 13.0. The number of fused-ring (bicyclic) bond motifs is 1. The van der Waals surface area contributed by atoms with Crippen LogP contribution in [0.1, 0.15) is 78.7 Å². The van der Waals surface area contributed by atoms with Gasteiger partial charge in [-0.2, -0.15) is 0 Å². The summed E-state index contributed by atoms with van der Waals surface area (Å²) < 4.78 is 62.2. The van der Waals surface area contributed by atoms with Crippen LogP contribution in [-0.2, 0) is 25.1 Å². The van der Waals surface area contributed by atoms with E-state index >= 15 is 8.78 Å². The minimum atomic E-state index is -4.67. The quantitative estimate of drug-likeness (QED) is 0.0660. The number of amides is 3. The first-order valence-electron chi connectivity index (χ1n) is 21.3. The lowest BCUT2D eigenvalue weighted by Crippen LogP contribution is -2.58. The number of benzene rings is 2. The molecule has 2 aromatic carbocycles. The standard InChI is InChI=1S/C45H54ClF2N6O8PS/c1-8-25-20-45(25,63(58,59)22-31-32(47)15-26(46)16-33(31)48)53-40(55)37-18-29(21-54(37)41(56)39(44(4,5)6)52-43(57)62-27-11-9-10-12-27)61-38-19-35(36-23-64-42(51-36)49-24(2)3)50-34-17-28(60-7)13-14-30(34)38/h8,13-17,19,23-25,27,29,37,39H,1,9-12,18,20-22H2,2-7H3,(H,49,51)(H,52,57)(H,53,55)(H,58,59)/t25?,29-,37+,39-,45+/m1/s1. The van der Waals surface area contributed by atoms with E-state index in [9.17, 15) is 23.8 Å². The average molecular weight is 943 g/mol. The van der Waals surface area contributed by atoms with E-state index < -0.39 is 83.4 Å². The zero-order chi connectivity index (χ0) is 46.3. The Morgan fingerprint density at radius 2 is 1.80 bits per heavy atom. The molecule has 3 fully saturated rings. The lowest BCUT2D eigenvalue weighted by Gasteiger charge is -2.36. The van der Waals surface area contributed by atoms with E-state index in [4.69, 9.17) is 35.8 Å². The van der Waals surface area contributed by atoms with Gasteiger partial charge >= 0.3 is 6.09 Å². The monoisotopic (exact) mass is 942 g/mol. The van der Waals surface area contributed by atoms with E-state index in [2.05, 4.69) is 22.5 Å². The topological polar surface area (TPSA) is 181 Å². The number of halogens is 3. The number of rotatable bonds is 15. The van der Waals surface area contributed by atoms with Gasteiger partial charge in [0.25, 0.3) is 0 Å². The highest BCUT2D eigenvalue weighted by atomic mass is 35.5. The molecule has 6 atom stereocenters. The van der Waals surface area contributed by atoms with E-state index in [0.29, 0.717) is 51.8 Å². The van der Waals surface area contributed by atoms with Gasteiger partial charge in [-0.1, -0.05) is 38.4 Å². The molecule has 344 valence electrons. The molecule has 3 aliphatic rings. The molecule has 7 rings (SSSR count). The van der Waals surface area contributed by atoms with Crippen LogP contribution in [0.25, 0.3) is 22.3 Å². The van der Waals surface area contributed by atoms with Gasteiger partial charge in [-0.3, -0.25) is 14.2 Å². The summed E-state index contributed by atoms with van der Waals surface area (Å²) in [6, 6.07) is 6.42. The summed E-state index contributed by atoms with van der Waals surface area (Å²) in [7, 11) is -3.13. The molecule has 2 saturated carbocycles. The maximum absolute atomic E-state index is 15.0. The van der Waals surface area contributed by atoms with E-state index in [0.717, 1.165) is 25.0 Å². The predicted molar refractivity (Wildman–Crippen MR) is 242 cm³/mol. The van der Waals surface area contributed by atoms with Crippen molar-refractivity contribution in [2.75, 3.05) is 19.0 Å². The van der Waals surface area contributed by atoms with Crippen LogP contribution in [0.15, 0.2) is 54.4 Å². The molecule has 3 amide bonds. The van der Waals surface area contributed by atoms with Crippen LogP contribution in [0.5, 0.6) is 11.5 Å². The van der Waals surface area contributed by atoms with Crippen molar-refractivity contribution in [3.63, 3.8) is 0 Å². The van der Waals surface area contributed by atoms with Crippen LogP contribution in [0.4, 0.5) is 18.7 Å². The van der Waals surface area contributed by atoms with Crippen LogP contribution in [0.2, 0.25) is 5.02 Å². The molecule has 4 aromatic rings. The van der Waals surface area contributed by atoms with E-state index in [1.165, 1.54) is 22.3 Å². The second-order valence-corrected chi connectivity index (χ2v) is 21.9. The van der Waals surface area contributed by atoms with Crippen LogP contribution >= 0.6 is 30.3 Å². The highest BCUT2D eigenvalue weighted by Crippen LogP contribution is 2.71. The third-order valence-electron chi connectivity index (χ3n) is 12.0. The minimum Gasteiger partial charge on any atom is -0.497 e. The summed E-state index contributed by atoms with van der Waals surface area (Å²) in [5, 5.41) is 9.93. The number of nitrogens with zero attached hydrogens (tertiary/aromatic N) is 3. The van der Waals surface area contributed by atoms with Gasteiger partial charge in [0, 0.05) is 51.9 Å². The van der Waals surface area contributed by atoms with Gasteiger partial charge < -0.3 is 40.0 Å². The van der Waals surface area contributed by atoms with Crippen LogP contribution in [-0.4, -0.2) is 86.9 Å². The van der Waals surface area contributed by atoms with Crippen molar-refractivity contribution in [3.8, 4) is 22.9 Å². The zero-order valence-corrected chi connectivity index (χ0v) is 39.0. The van der Waals surface area contributed by atoms with Crippen molar-refractivity contribution in [3.05, 3.63) is 76.7 Å². The van der Waals surface area contributed by atoms with Gasteiger partial charge in [-0.05, 0) is 75.6 Å². The van der Waals surface area contributed by atoms with Gasteiger partial charge in [-0.25, -0.2) is 23.5 Å². The fourth-order valence-corrected chi connectivity index (χ4v) is 11.9. The van der Waals surface area contributed by atoms with Gasteiger partial charge in [0.2, 0.25) is 19.2 Å². The van der Waals surface area contributed by atoms with E-state index in [-0.39, 0.29) is 36.6 Å². The third kappa shape index (κ3) is 10.0. The number of pyridine rings is 1. The minimum absolute atomic E-state index is 0.0487. The predicted octanol–water partition coefficient (Wildman–Crippen LogP) is 9.04. The highest BCUT2D eigenvalue weighted by molar-refractivity contribution is 7.59. The molecule has 1 aliphatic heterocycles. The Balaban J connectivity index is 1.23. The lowest BCUT2D eigenvalue weighted by molar-refractivity contribution is -0.142. The third-order valence-corrected chi connectivity index (χ3v) is 15.6. The van der Waals surface area contributed by atoms with Crippen molar-refractivity contribution in [2.45, 2.75) is 115 Å². The zero-order valence-electron chi connectivity index (χ0n) is 36.6. The summed E-state index contributed by atoms with van der Waals surface area (Å²) >= 11 is 7.25. The first kappa shape index (κ1) is 47.1. The van der Waals surface area contributed by atoms with Gasteiger partial charge in [0.15, 0.2) is 5.13 Å². The number of methoxy groups -OCH3 is 1. The van der Waals surface area contributed by atoms with Crippen molar-refractivity contribution in [1.29, 1.82) is 0 Å². The maximum atomic E-state index is 15.0. The Morgan fingerprint density at radius 3 is 2.42 bits per heavy atom. The Morgan fingerprint density at radius 1 is 1.09 bits per heavy atom.